The van der Waals surface area contributed by atoms with E-state index < -0.39 is 5.41 Å². The summed E-state index contributed by atoms with van der Waals surface area (Å²) in [6.45, 7) is 2.02. The number of carbonyl (C=O) groups excluding carboxylic acids is 1. The second-order valence-corrected chi connectivity index (χ2v) is 8.66. The quantitative estimate of drug-likeness (QED) is 0.873. The fourth-order valence-corrected chi connectivity index (χ4v) is 5.09. The number of rotatable bonds is 5. The number of aryl methyl sites for hydroxylation is 1. The van der Waals surface area contributed by atoms with Gasteiger partial charge in [0.2, 0.25) is 5.91 Å². The van der Waals surface area contributed by atoms with E-state index in [1.165, 1.54) is 0 Å². The molecule has 116 valence electrons. The highest BCUT2D eigenvalue weighted by atomic mass is 32.2. The van der Waals surface area contributed by atoms with Crippen molar-refractivity contribution in [1.82, 2.24) is 10.3 Å². The average Bonchev–Trinajstić information content (AvgIpc) is 3.19. The van der Waals surface area contributed by atoms with Crippen LogP contribution in [0.15, 0.2) is 9.72 Å². The van der Waals surface area contributed by atoms with Crippen molar-refractivity contribution in [2.24, 2.45) is 5.41 Å². The number of thioether (sulfide) groups is 1. The zero-order chi connectivity index (χ0) is 14.9. The molecule has 21 heavy (non-hydrogen) atoms. The first kappa shape index (κ1) is 15.3. The fraction of sp³-hybridized carbons (Fsp3) is 0.733. The zero-order valence-corrected chi connectivity index (χ0v) is 13.9. The second-order valence-electron chi connectivity index (χ2n) is 6.26. The largest absolute Gasteiger partial charge is 0.395 e. The van der Waals surface area contributed by atoms with Gasteiger partial charge in [-0.25, -0.2) is 4.98 Å². The maximum absolute atomic E-state index is 12.1. The van der Waals surface area contributed by atoms with Crippen molar-refractivity contribution in [3.05, 3.63) is 11.1 Å². The van der Waals surface area contributed by atoms with Gasteiger partial charge in [0.1, 0.15) is 4.34 Å². The molecule has 0 bridgehead atoms. The van der Waals surface area contributed by atoms with E-state index in [1.807, 2.05) is 18.7 Å². The Labute approximate surface area is 133 Å². The molecule has 4 nitrogen and oxygen atoms in total. The Hall–Kier alpha value is -0.590. The minimum absolute atomic E-state index is 0.00652. The van der Waals surface area contributed by atoms with Crippen LogP contribution < -0.4 is 5.32 Å². The van der Waals surface area contributed by atoms with Crippen LogP contribution in [0.2, 0.25) is 0 Å². The summed E-state index contributed by atoms with van der Waals surface area (Å²) in [6.07, 6.45) is 6.00. The minimum atomic E-state index is -0.440. The van der Waals surface area contributed by atoms with Crippen LogP contribution in [0.1, 0.15) is 44.2 Å². The fourth-order valence-electron chi connectivity index (χ4n) is 2.80. The lowest BCUT2D eigenvalue weighted by Crippen LogP contribution is -2.43. The smallest absolute Gasteiger partial charge is 0.228 e. The number of nitrogens with zero attached hydrogens (tertiary/aromatic N) is 1. The maximum Gasteiger partial charge on any atom is 0.228 e. The average molecular weight is 326 g/mol. The molecule has 1 aromatic rings. The number of hydrogen-bond acceptors (Lipinski definition) is 5. The zero-order valence-electron chi connectivity index (χ0n) is 12.3. The van der Waals surface area contributed by atoms with E-state index in [0.717, 1.165) is 48.6 Å². The number of aliphatic hydroxyl groups is 1. The Kier molecular flexibility index (Phi) is 4.57. The van der Waals surface area contributed by atoms with Crippen LogP contribution in [0.4, 0.5) is 0 Å². The third kappa shape index (κ3) is 3.60. The Morgan fingerprint density at radius 1 is 1.48 bits per heavy atom. The summed E-state index contributed by atoms with van der Waals surface area (Å²) >= 11 is 3.61. The van der Waals surface area contributed by atoms with Gasteiger partial charge >= 0.3 is 0 Å². The highest BCUT2D eigenvalue weighted by Crippen LogP contribution is 2.45. The van der Waals surface area contributed by atoms with Gasteiger partial charge in [-0.05, 0) is 45.4 Å². The van der Waals surface area contributed by atoms with Gasteiger partial charge < -0.3 is 10.4 Å². The molecule has 2 aliphatic rings. The number of hydrogen-bond donors (Lipinski definition) is 2. The molecule has 3 rings (SSSR count). The molecule has 0 saturated heterocycles. The second kappa shape index (κ2) is 6.26. The summed E-state index contributed by atoms with van der Waals surface area (Å²) < 4.78 is 1.16. The van der Waals surface area contributed by atoms with Crippen LogP contribution in [0, 0.1) is 12.3 Å². The lowest BCUT2D eigenvalue weighted by molar-refractivity contribution is -0.128. The van der Waals surface area contributed by atoms with E-state index in [-0.39, 0.29) is 18.6 Å². The van der Waals surface area contributed by atoms with Gasteiger partial charge in [-0.2, -0.15) is 0 Å². The van der Waals surface area contributed by atoms with Crippen molar-refractivity contribution in [2.75, 3.05) is 6.61 Å². The minimum Gasteiger partial charge on any atom is -0.395 e. The van der Waals surface area contributed by atoms with Crippen molar-refractivity contribution < 1.29 is 9.90 Å². The van der Waals surface area contributed by atoms with E-state index in [4.69, 9.17) is 0 Å². The number of thiazole rings is 1. The molecule has 2 N–H and O–H groups in total. The van der Waals surface area contributed by atoms with Gasteiger partial charge in [-0.15, -0.1) is 11.3 Å². The SMILES string of the molecule is Cc1csc(SC2CCC(NC(=O)C3(CO)CC3)CC2)n1. The Morgan fingerprint density at radius 3 is 2.71 bits per heavy atom. The number of aliphatic hydroxyl groups excluding tert-OH is 1. The first-order valence-corrected chi connectivity index (χ1v) is 9.38. The first-order chi connectivity index (χ1) is 10.1. The predicted octanol–water partition coefficient (Wildman–Crippen LogP) is 2.74. The maximum atomic E-state index is 12.1. The van der Waals surface area contributed by atoms with Gasteiger partial charge in [0.15, 0.2) is 0 Å². The third-order valence-corrected chi connectivity index (χ3v) is 6.94. The number of aromatic nitrogens is 1. The summed E-state index contributed by atoms with van der Waals surface area (Å²) in [5.74, 6) is 0.0663. The summed E-state index contributed by atoms with van der Waals surface area (Å²) in [7, 11) is 0. The Bertz CT molecular complexity index is 506. The molecular weight excluding hydrogens is 304 g/mol. The van der Waals surface area contributed by atoms with Crippen LogP contribution in [-0.2, 0) is 4.79 Å². The molecule has 1 aromatic heterocycles. The normalized spacial score (nSPS) is 27.3. The van der Waals surface area contributed by atoms with Crippen LogP contribution in [0.3, 0.4) is 0 Å². The molecule has 0 atom stereocenters. The van der Waals surface area contributed by atoms with Crippen molar-refractivity contribution in [3.63, 3.8) is 0 Å². The van der Waals surface area contributed by atoms with E-state index in [2.05, 4.69) is 15.7 Å². The van der Waals surface area contributed by atoms with Crippen LogP contribution in [-0.4, -0.2) is 33.9 Å². The first-order valence-electron chi connectivity index (χ1n) is 7.62. The van der Waals surface area contributed by atoms with Crippen LogP contribution in [0.25, 0.3) is 0 Å². The Balaban J connectivity index is 1.44. The van der Waals surface area contributed by atoms with E-state index in [9.17, 15) is 9.90 Å². The van der Waals surface area contributed by atoms with Gasteiger partial charge in [-0.3, -0.25) is 4.79 Å². The van der Waals surface area contributed by atoms with Gasteiger partial charge in [0, 0.05) is 22.4 Å². The lowest BCUT2D eigenvalue weighted by atomic mass is 9.94. The molecule has 2 aliphatic carbocycles. The number of nitrogens with one attached hydrogen (secondary N) is 1. The molecule has 0 unspecified atom stereocenters. The monoisotopic (exact) mass is 326 g/mol. The predicted molar refractivity (Wildman–Crippen MR) is 85.6 cm³/mol. The standard InChI is InChI=1S/C15H22N2O2S2/c1-10-8-20-14(16-10)21-12-4-2-11(3-5-12)17-13(19)15(9-18)6-7-15/h8,11-12,18H,2-7,9H2,1H3,(H,17,19). The van der Waals surface area contributed by atoms with Crippen LogP contribution in [0.5, 0.6) is 0 Å². The van der Waals surface area contributed by atoms with E-state index in [0.29, 0.717) is 5.25 Å². The molecule has 1 heterocycles. The third-order valence-electron chi connectivity index (χ3n) is 4.51. The number of amides is 1. The van der Waals surface area contributed by atoms with Crippen molar-refractivity contribution in [3.8, 4) is 0 Å². The van der Waals surface area contributed by atoms with Gasteiger partial charge in [0.05, 0.1) is 12.0 Å². The summed E-state index contributed by atoms with van der Waals surface area (Å²) in [5, 5.41) is 15.2. The molecule has 0 spiro atoms. The van der Waals surface area contributed by atoms with E-state index >= 15 is 0 Å². The highest BCUT2D eigenvalue weighted by Gasteiger charge is 2.49. The molecule has 6 heteroatoms. The van der Waals surface area contributed by atoms with Crippen molar-refractivity contribution in [2.45, 2.75) is 61.1 Å². The van der Waals surface area contributed by atoms with Crippen molar-refractivity contribution >= 4 is 29.0 Å². The molecule has 0 radical (unpaired) electrons. The highest BCUT2D eigenvalue weighted by molar-refractivity contribution is 8.01. The Morgan fingerprint density at radius 2 is 2.19 bits per heavy atom. The molecule has 0 aliphatic heterocycles. The van der Waals surface area contributed by atoms with Gasteiger partial charge in [0.25, 0.3) is 0 Å². The molecule has 2 fully saturated rings. The van der Waals surface area contributed by atoms with Crippen molar-refractivity contribution in [1.29, 1.82) is 0 Å². The molecule has 1 amide bonds. The topological polar surface area (TPSA) is 62.2 Å². The summed E-state index contributed by atoms with van der Waals surface area (Å²) in [5.41, 5.74) is 0.659. The summed E-state index contributed by atoms with van der Waals surface area (Å²) in [6, 6.07) is 0.288. The lowest BCUT2D eigenvalue weighted by Gasteiger charge is -2.29. The number of carbonyl (C=O) groups is 1. The molecular formula is C15H22N2O2S2. The van der Waals surface area contributed by atoms with Crippen LogP contribution >= 0.6 is 23.1 Å². The van der Waals surface area contributed by atoms with Gasteiger partial charge in [-0.1, -0.05) is 11.8 Å². The summed E-state index contributed by atoms with van der Waals surface area (Å²) in [4.78, 5) is 16.6. The van der Waals surface area contributed by atoms with E-state index in [1.54, 1.807) is 11.3 Å². The molecule has 2 saturated carbocycles. The molecule has 0 aromatic carbocycles.